The van der Waals surface area contributed by atoms with Crippen molar-refractivity contribution in [3.8, 4) is 5.75 Å². The van der Waals surface area contributed by atoms with Crippen molar-refractivity contribution in [3.05, 3.63) is 29.8 Å². The molecule has 1 aromatic carbocycles. The molecule has 0 aromatic heterocycles. The molecule has 0 saturated heterocycles. The number of aliphatic hydroxyl groups is 1. The summed E-state index contributed by atoms with van der Waals surface area (Å²) in [6, 6.07) is 3.20. The fourth-order valence-electron chi connectivity index (χ4n) is 2.89. The minimum atomic E-state index is -0.560. The molecule has 1 aliphatic rings. The van der Waals surface area contributed by atoms with Gasteiger partial charge in [-0.2, -0.15) is 0 Å². The van der Waals surface area contributed by atoms with Crippen molar-refractivity contribution in [3.63, 3.8) is 0 Å². The van der Waals surface area contributed by atoms with Gasteiger partial charge in [-0.3, -0.25) is 0 Å². The second-order valence-electron chi connectivity index (χ2n) is 5.38. The lowest BCUT2D eigenvalue weighted by molar-refractivity contribution is 0.0499. The number of rotatable bonds is 5. The van der Waals surface area contributed by atoms with E-state index in [4.69, 9.17) is 4.74 Å². The van der Waals surface area contributed by atoms with Gasteiger partial charge in [0.2, 0.25) is 0 Å². The van der Waals surface area contributed by atoms with Crippen LogP contribution >= 0.6 is 0 Å². The fraction of sp³-hybridized carbons (Fsp3) is 0.600. The van der Waals surface area contributed by atoms with E-state index in [1.54, 1.807) is 0 Å². The highest BCUT2D eigenvalue weighted by Crippen LogP contribution is 2.31. The van der Waals surface area contributed by atoms with Crippen LogP contribution in [0.2, 0.25) is 0 Å². The molecule has 1 saturated carbocycles. The zero-order chi connectivity index (χ0) is 14.6. The van der Waals surface area contributed by atoms with Gasteiger partial charge in [0.1, 0.15) is 11.9 Å². The number of likely N-dealkylation sites (N-methyl/N-ethyl adjacent to an activating group) is 1. The van der Waals surface area contributed by atoms with Gasteiger partial charge in [-0.15, -0.1) is 0 Å². The van der Waals surface area contributed by atoms with Crippen LogP contribution < -0.4 is 10.1 Å². The Hall–Kier alpha value is -1.20. The first-order valence-electron chi connectivity index (χ1n) is 7.06. The third-order valence-electron chi connectivity index (χ3n) is 3.84. The second kappa shape index (κ2) is 6.50. The summed E-state index contributed by atoms with van der Waals surface area (Å²) in [6.45, 7) is 2.75. The van der Waals surface area contributed by atoms with Gasteiger partial charge in [-0.05, 0) is 37.9 Å². The molecule has 2 N–H and O–H groups in total. The van der Waals surface area contributed by atoms with Crippen LogP contribution in [0.25, 0.3) is 0 Å². The van der Waals surface area contributed by atoms with Crippen molar-refractivity contribution in [2.24, 2.45) is 0 Å². The molecule has 2 atom stereocenters. The van der Waals surface area contributed by atoms with Gasteiger partial charge in [-0.25, -0.2) is 8.78 Å². The van der Waals surface area contributed by atoms with Crippen molar-refractivity contribution in [2.75, 3.05) is 13.2 Å². The Bertz CT molecular complexity index is 451. The maximum Gasteiger partial charge on any atom is 0.165 e. The van der Waals surface area contributed by atoms with Gasteiger partial charge in [0.25, 0.3) is 0 Å². The normalized spacial score (nSPS) is 26.5. The van der Waals surface area contributed by atoms with Crippen molar-refractivity contribution < 1.29 is 18.6 Å². The van der Waals surface area contributed by atoms with Crippen molar-refractivity contribution in [2.45, 2.75) is 44.2 Å². The molecule has 3 nitrogen and oxygen atoms in total. The zero-order valence-corrected chi connectivity index (χ0v) is 11.7. The van der Waals surface area contributed by atoms with E-state index in [1.165, 1.54) is 0 Å². The highest BCUT2D eigenvalue weighted by atomic mass is 19.1. The second-order valence-corrected chi connectivity index (χ2v) is 5.38. The van der Waals surface area contributed by atoms with Crippen LogP contribution in [0, 0.1) is 11.6 Å². The van der Waals surface area contributed by atoms with Gasteiger partial charge in [0.15, 0.2) is 11.6 Å². The molecular formula is C15H21F2NO2. The number of ether oxygens (including phenoxy) is 1. The predicted octanol–water partition coefficient (Wildman–Crippen LogP) is 2.63. The van der Waals surface area contributed by atoms with E-state index in [0.717, 1.165) is 44.0 Å². The van der Waals surface area contributed by atoms with E-state index >= 15 is 0 Å². The van der Waals surface area contributed by atoms with Crippen LogP contribution in [0.4, 0.5) is 8.78 Å². The molecule has 1 aliphatic carbocycles. The molecule has 0 spiro atoms. The summed E-state index contributed by atoms with van der Waals surface area (Å²) in [5.41, 5.74) is -0.374. The van der Waals surface area contributed by atoms with Crippen molar-refractivity contribution in [1.82, 2.24) is 5.32 Å². The number of aliphatic hydroxyl groups excluding tert-OH is 1. The molecule has 0 heterocycles. The molecule has 5 heteroatoms. The highest BCUT2D eigenvalue weighted by Gasteiger charge is 2.36. The first kappa shape index (κ1) is 15.2. The van der Waals surface area contributed by atoms with Crippen LogP contribution in [0.5, 0.6) is 5.75 Å². The van der Waals surface area contributed by atoms with Gasteiger partial charge in [-0.1, -0.05) is 6.92 Å². The summed E-state index contributed by atoms with van der Waals surface area (Å²) >= 11 is 0. The third kappa shape index (κ3) is 3.46. The van der Waals surface area contributed by atoms with Crippen LogP contribution in [0.15, 0.2) is 18.2 Å². The first-order valence-corrected chi connectivity index (χ1v) is 7.06. The highest BCUT2D eigenvalue weighted by molar-refractivity contribution is 5.25. The monoisotopic (exact) mass is 285 g/mol. The Morgan fingerprint density at radius 3 is 2.95 bits per heavy atom. The van der Waals surface area contributed by atoms with E-state index in [0.29, 0.717) is 6.42 Å². The standard InChI is InChI=1S/C15H21F2NO2/c1-2-18-15(10-19)7-3-4-12(9-15)20-14-8-11(16)5-6-13(14)17/h5-6,8,12,18-19H,2-4,7,9-10H2,1H3. The average molecular weight is 285 g/mol. The summed E-state index contributed by atoms with van der Waals surface area (Å²) in [7, 11) is 0. The Balaban J connectivity index is 2.07. The Morgan fingerprint density at radius 2 is 2.25 bits per heavy atom. The molecule has 0 amide bonds. The van der Waals surface area contributed by atoms with Crippen LogP contribution in [-0.4, -0.2) is 29.9 Å². The number of benzene rings is 1. The fourth-order valence-corrected chi connectivity index (χ4v) is 2.89. The van der Waals surface area contributed by atoms with Gasteiger partial charge in [0, 0.05) is 18.0 Å². The summed E-state index contributed by atoms with van der Waals surface area (Å²) in [4.78, 5) is 0. The van der Waals surface area contributed by atoms with E-state index in [2.05, 4.69) is 5.32 Å². The number of hydrogen-bond acceptors (Lipinski definition) is 3. The van der Waals surface area contributed by atoms with E-state index < -0.39 is 11.6 Å². The molecule has 1 fully saturated rings. The van der Waals surface area contributed by atoms with Crippen molar-refractivity contribution in [1.29, 1.82) is 0 Å². The molecular weight excluding hydrogens is 264 g/mol. The molecule has 20 heavy (non-hydrogen) atoms. The minimum Gasteiger partial charge on any atom is -0.487 e. The molecule has 0 radical (unpaired) electrons. The third-order valence-corrected chi connectivity index (χ3v) is 3.84. The summed E-state index contributed by atoms with van der Waals surface area (Å²) in [5.74, 6) is -1.13. The van der Waals surface area contributed by atoms with Gasteiger partial charge < -0.3 is 15.2 Å². The van der Waals surface area contributed by atoms with E-state index in [1.807, 2.05) is 6.92 Å². The lowest BCUT2D eigenvalue weighted by atomic mass is 9.80. The SMILES string of the molecule is CCNC1(CO)CCCC(Oc2cc(F)ccc2F)C1. The Morgan fingerprint density at radius 1 is 1.45 bits per heavy atom. The van der Waals surface area contributed by atoms with Crippen molar-refractivity contribution >= 4 is 0 Å². The molecule has 0 aliphatic heterocycles. The minimum absolute atomic E-state index is 0.0202. The largest absolute Gasteiger partial charge is 0.487 e. The topological polar surface area (TPSA) is 41.5 Å². The van der Waals surface area contributed by atoms with Crippen LogP contribution in [0.1, 0.15) is 32.6 Å². The molecule has 1 aromatic rings. The molecule has 112 valence electrons. The summed E-state index contributed by atoms with van der Waals surface area (Å²) in [6.07, 6.45) is 2.90. The number of nitrogens with one attached hydrogen (secondary N) is 1. The number of halogens is 2. The van der Waals surface area contributed by atoms with Crippen LogP contribution in [-0.2, 0) is 0 Å². The van der Waals surface area contributed by atoms with Crippen LogP contribution in [0.3, 0.4) is 0 Å². The summed E-state index contributed by atoms with van der Waals surface area (Å²) < 4.78 is 32.3. The van der Waals surface area contributed by atoms with Gasteiger partial charge in [0.05, 0.1) is 6.61 Å². The first-order chi connectivity index (χ1) is 9.58. The average Bonchev–Trinajstić information content (AvgIpc) is 2.44. The van der Waals surface area contributed by atoms with E-state index in [-0.39, 0.29) is 24.0 Å². The van der Waals surface area contributed by atoms with E-state index in [9.17, 15) is 13.9 Å². The zero-order valence-electron chi connectivity index (χ0n) is 11.7. The lowest BCUT2D eigenvalue weighted by Gasteiger charge is -2.40. The Kier molecular flexibility index (Phi) is 4.94. The Labute approximate surface area is 117 Å². The quantitative estimate of drug-likeness (QED) is 0.874. The molecule has 2 unspecified atom stereocenters. The predicted molar refractivity (Wildman–Crippen MR) is 72.7 cm³/mol. The molecule has 0 bridgehead atoms. The number of hydrogen-bond donors (Lipinski definition) is 2. The molecule has 2 rings (SSSR count). The summed E-state index contributed by atoms with van der Waals surface area (Å²) in [5, 5.41) is 12.9. The maximum atomic E-state index is 13.6. The van der Waals surface area contributed by atoms with Gasteiger partial charge >= 0.3 is 0 Å². The lowest BCUT2D eigenvalue weighted by Crippen LogP contribution is -2.53. The smallest absolute Gasteiger partial charge is 0.165 e. The maximum absolute atomic E-state index is 13.6.